The van der Waals surface area contributed by atoms with E-state index in [2.05, 4.69) is 4.98 Å². The maximum absolute atomic E-state index is 12.8. The number of carbonyl (C=O) groups is 2. The minimum Gasteiger partial charge on any atom is -0.481 e. The van der Waals surface area contributed by atoms with Gasteiger partial charge in [-0.15, -0.1) is 0 Å². The molecule has 0 aliphatic heterocycles. The molecule has 1 amide bonds. The second-order valence-corrected chi connectivity index (χ2v) is 7.69. The Kier molecular flexibility index (Phi) is 8.02. The number of aromatic nitrogens is 1. The Hall–Kier alpha value is -3.87. The van der Waals surface area contributed by atoms with Gasteiger partial charge in [0.05, 0.1) is 13.5 Å². The third kappa shape index (κ3) is 6.32. The number of aryl methyl sites for hydroxylation is 1. The number of carbonyl (C=O) groups excluding carboxylic acids is 1. The Balaban J connectivity index is 1.89. The summed E-state index contributed by atoms with van der Waals surface area (Å²) in [7, 11) is 1.52. The molecule has 3 aromatic rings. The number of pyridine rings is 1. The lowest BCUT2D eigenvalue weighted by molar-refractivity contribution is -0.136. The Morgan fingerprint density at radius 1 is 1.03 bits per heavy atom. The second-order valence-electron chi connectivity index (χ2n) is 7.69. The van der Waals surface area contributed by atoms with Crippen molar-refractivity contribution in [1.29, 1.82) is 0 Å². The number of aliphatic carboxylic acids is 1. The molecule has 3 rings (SSSR count). The van der Waals surface area contributed by atoms with E-state index in [0.717, 1.165) is 22.3 Å². The van der Waals surface area contributed by atoms with E-state index in [4.69, 9.17) is 9.47 Å². The number of hydrogen-bond acceptors (Lipinski definition) is 5. The van der Waals surface area contributed by atoms with E-state index < -0.39 is 12.1 Å². The first-order valence-corrected chi connectivity index (χ1v) is 10.7. The van der Waals surface area contributed by atoms with E-state index in [1.54, 1.807) is 11.0 Å². The molecule has 7 nitrogen and oxygen atoms in total. The molecule has 33 heavy (non-hydrogen) atoms. The predicted octanol–water partition coefficient (Wildman–Crippen LogP) is 4.85. The molecule has 0 fully saturated rings. The van der Waals surface area contributed by atoms with Crippen molar-refractivity contribution in [3.63, 3.8) is 0 Å². The first-order chi connectivity index (χ1) is 15.9. The maximum atomic E-state index is 12.8. The van der Waals surface area contributed by atoms with Crippen LogP contribution < -0.4 is 4.74 Å². The molecular formula is C26H28N2O5. The van der Waals surface area contributed by atoms with E-state index in [1.165, 1.54) is 13.3 Å². The van der Waals surface area contributed by atoms with E-state index in [9.17, 15) is 14.7 Å². The SMILES string of the molecule is CCN(Cc1cc(C)ccc1-c1cc(CC(=O)O)cnc1OC)C(=O)OCc1ccccc1. The van der Waals surface area contributed by atoms with Gasteiger partial charge in [0.25, 0.3) is 0 Å². The highest BCUT2D eigenvalue weighted by atomic mass is 16.6. The molecule has 2 aromatic carbocycles. The first kappa shape index (κ1) is 23.8. The highest BCUT2D eigenvalue weighted by molar-refractivity contribution is 5.76. The van der Waals surface area contributed by atoms with Crippen LogP contribution in [0.25, 0.3) is 11.1 Å². The van der Waals surface area contributed by atoms with Crippen molar-refractivity contribution in [3.8, 4) is 17.0 Å². The fourth-order valence-electron chi connectivity index (χ4n) is 3.56. The molecule has 0 atom stereocenters. The van der Waals surface area contributed by atoms with Crippen molar-refractivity contribution < 1.29 is 24.2 Å². The predicted molar refractivity (Wildman–Crippen MR) is 125 cm³/mol. The van der Waals surface area contributed by atoms with Crippen LogP contribution in [0.3, 0.4) is 0 Å². The molecule has 0 aliphatic carbocycles. The molecule has 172 valence electrons. The smallest absolute Gasteiger partial charge is 0.410 e. The van der Waals surface area contributed by atoms with Gasteiger partial charge >= 0.3 is 12.1 Å². The molecule has 0 radical (unpaired) electrons. The van der Waals surface area contributed by atoms with Crippen molar-refractivity contribution in [2.24, 2.45) is 0 Å². The molecule has 0 saturated carbocycles. The highest BCUT2D eigenvalue weighted by Gasteiger charge is 2.19. The van der Waals surface area contributed by atoms with Crippen LogP contribution in [-0.4, -0.2) is 40.7 Å². The number of ether oxygens (including phenoxy) is 2. The van der Waals surface area contributed by atoms with Gasteiger partial charge in [-0.1, -0.05) is 54.1 Å². The van der Waals surface area contributed by atoms with Gasteiger partial charge in [-0.25, -0.2) is 9.78 Å². The molecule has 0 unspecified atom stereocenters. The number of benzene rings is 2. The Morgan fingerprint density at radius 2 is 1.79 bits per heavy atom. The van der Waals surface area contributed by atoms with Gasteiger partial charge in [0.15, 0.2) is 0 Å². The number of carboxylic acids is 1. The molecule has 0 spiro atoms. The van der Waals surface area contributed by atoms with E-state index >= 15 is 0 Å². The summed E-state index contributed by atoms with van der Waals surface area (Å²) in [5, 5.41) is 9.17. The van der Waals surface area contributed by atoms with Gasteiger partial charge in [0, 0.05) is 24.8 Å². The largest absolute Gasteiger partial charge is 0.481 e. The van der Waals surface area contributed by atoms with Crippen molar-refractivity contribution in [3.05, 3.63) is 83.0 Å². The van der Waals surface area contributed by atoms with Crippen molar-refractivity contribution in [2.75, 3.05) is 13.7 Å². The van der Waals surface area contributed by atoms with E-state index in [-0.39, 0.29) is 13.0 Å². The second kappa shape index (κ2) is 11.1. The molecular weight excluding hydrogens is 420 g/mol. The zero-order valence-corrected chi connectivity index (χ0v) is 19.1. The summed E-state index contributed by atoms with van der Waals surface area (Å²) in [6.07, 6.45) is 0.959. The van der Waals surface area contributed by atoms with Crippen LogP contribution in [0.15, 0.2) is 60.8 Å². The number of amides is 1. The van der Waals surface area contributed by atoms with Crippen LogP contribution in [-0.2, 0) is 29.1 Å². The van der Waals surface area contributed by atoms with Crippen LogP contribution in [0.2, 0.25) is 0 Å². The van der Waals surface area contributed by atoms with Crippen LogP contribution in [0.4, 0.5) is 4.79 Å². The van der Waals surface area contributed by atoms with Gasteiger partial charge in [0.1, 0.15) is 6.61 Å². The third-order valence-electron chi connectivity index (χ3n) is 5.21. The monoisotopic (exact) mass is 448 g/mol. The lowest BCUT2D eigenvalue weighted by atomic mass is 9.96. The summed E-state index contributed by atoms with van der Waals surface area (Å²) in [5.74, 6) is -0.542. The first-order valence-electron chi connectivity index (χ1n) is 10.7. The molecule has 0 bridgehead atoms. The van der Waals surface area contributed by atoms with Crippen molar-refractivity contribution in [1.82, 2.24) is 9.88 Å². The third-order valence-corrected chi connectivity index (χ3v) is 5.21. The van der Waals surface area contributed by atoms with Gasteiger partial charge in [0.2, 0.25) is 5.88 Å². The summed E-state index contributed by atoms with van der Waals surface area (Å²) in [5.41, 5.74) is 4.92. The summed E-state index contributed by atoms with van der Waals surface area (Å²) in [6, 6.07) is 17.2. The average molecular weight is 449 g/mol. The number of hydrogen-bond donors (Lipinski definition) is 1. The lowest BCUT2D eigenvalue weighted by Crippen LogP contribution is -2.31. The van der Waals surface area contributed by atoms with Gasteiger partial charge < -0.3 is 19.5 Å². The van der Waals surface area contributed by atoms with Crippen LogP contribution in [0, 0.1) is 6.92 Å². The average Bonchev–Trinajstić information content (AvgIpc) is 2.81. The topological polar surface area (TPSA) is 89.0 Å². The number of methoxy groups -OCH3 is 1. The summed E-state index contributed by atoms with van der Waals surface area (Å²) in [4.78, 5) is 29.9. The minimum atomic E-state index is -0.935. The molecule has 0 saturated heterocycles. The quantitative estimate of drug-likeness (QED) is 0.503. The highest BCUT2D eigenvalue weighted by Crippen LogP contribution is 2.33. The molecule has 1 N–H and O–H groups in total. The zero-order chi connectivity index (χ0) is 23.8. The van der Waals surface area contributed by atoms with Crippen LogP contribution >= 0.6 is 0 Å². The molecule has 1 heterocycles. The zero-order valence-electron chi connectivity index (χ0n) is 19.1. The fraction of sp³-hybridized carbons (Fsp3) is 0.269. The Labute approximate surface area is 193 Å². The minimum absolute atomic E-state index is 0.141. The summed E-state index contributed by atoms with van der Waals surface area (Å²) in [6.45, 7) is 4.87. The van der Waals surface area contributed by atoms with Crippen LogP contribution in [0.5, 0.6) is 5.88 Å². The number of nitrogens with zero attached hydrogens (tertiary/aromatic N) is 2. The van der Waals surface area contributed by atoms with Gasteiger partial charge in [-0.3, -0.25) is 4.79 Å². The Morgan fingerprint density at radius 3 is 2.45 bits per heavy atom. The standard InChI is InChI=1S/C26H28N2O5/c1-4-28(26(31)33-17-19-8-6-5-7-9-19)16-21-12-18(2)10-11-22(21)23-13-20(14-24(29)30)15-27-25(23)32-3/h5-13,15H,4,14,16-17H2,1-3H3,(H,29,30). The maximum Gasteiger partial charge on any atom is 0.410 e. The fourth-order valence-corrected chi connectivity index (χ4v) is 3.56. The van der Waals surface area contributed by atoms with Gasteiger partial charge in [-0.2, -0.15) is 0 Å². The Bertz CT molecular complexity index is 1110. The van der Waals surface area contributed by atoms with Crippen LogP contribution in [0.1, 0.15) is 29.2 Å². The molecule has 7 heteroatoms. The normalized spacial score (nSPS) is 10.5. The van der Waals surface area contributed by atoms with Gasteiger partial charge in [-0.05, 0) is 42.2 Å². The van der Waals surface area contributed by atoms with Crippen molar-refractivity contribution in [2.45, 2.75) is 33.4 Å². The number of carboxylic acid groups (broad SMARTS) is 1. The molecule has 1 aromatic heterocycles. The lowest BCUT2D eigenvalue weighted by Gasteiger charge is -2.23. The van der Waals surface area contributed by atoms with E-state index in [1.807, 2.05) is 62.4 Å². The number of rotatable bonds is 9. The summed E-state index contributed by atoms with van der Waals surface area (Å²) >= 11 is 0. The summed E-state index contributed by atoms with van der Waals surface area (Å²) < 4.78 is 11.0. The van der Waals surface area contributed by atoms with Crippen molar-refractivity contribution >= 4 is 12.1 Å². The molecule has 0 aliphatic rings. The van der Waals surface area contributed by atoms with E-state index in [0.29, 0.717) is 30.1 Å².